The molecule has 4 nitrogen and oxygen atoms in total. The largest absolute Gasteiger partial charge is 0.339 e. The minimum atomic E-state index is -0.395. The van der Waals surface area contributed by atoms with E-state index in [1.54, 1.807) is 0 Å². The Labute approximate surface area is 114 Å². The molecular formula is C13H13ClFN3O. The van der Waals surface area contributed by atoms with Crippen LogP contribution in [0.3, 0.4) is 0 Å². The molecule has 1 aromatic carbocycles. The maximum atomic E-state index is 13.0. The van der Waals surface area contributed by atoms with Crippen LogP contribution in [0.25, 0.3) is 11.4 Å². The van der Waals surface area contributed by atoms with Crippen LogP contribution in [0.2, 0.25) is 5.02 Å². The van der Waals surface area contributed by atoms with Crippen LogP contribution in [0.4, 0.5) is 4.39 Å². The lowest BCUT2D eigenvalue weighted by molar-refractivity contribution is 0.364. The first-order chi connectivity index (χ1) is 9.13. The molecule has 0 bridgehead atoms. The van der Waals surface area contributed by atoms with Crippen LogP contribution >= 0.6 is 11.6 Å². The summed E-state index contributed by atoms with van der Waals surface area (Å²) in [5.41, 5.74) is 6.56. The zero-order valence-electron chi connectivity index (χ0n) is 10.1. The molecule has 3 rings (SSSR count). The highest BCUT2D eigenvalue weighted by Gasteiger charge is 2.29. The highest BCUT2D eigenvalue weighted by Crippen LogP contribution is 2.33. The van der Waals surface area contributed by atoms with Crippen LogP contribution < -0.4 is 5.73 Å². The number of benzene rings is 1. The predicted molar refractivity (Wildman–Crippen MR) is 69.1 cm³/mol. The van der Waals surface area contributed by atoms with Gasteiger partial charge in [-0.2, -0.15) is 4.98 Å². The lowest BCUT2D eigenvalue weighted by atomic mass is 10.1. The Morgan fingerprint density at radius 3 is 2.95 bits per heavy atom. The molecule has 19 heavy (non-hydrogen) atoms. The lowest BCUT2D eigenvalue weighted by Gasteiger charge is -2.04. The van der Waals surface area contributed by atoms with Gasteiger partial charge in [0.25, 0.3) is 0 Å². The Hall–Kier alpha value is -1.46. The van der Waals surface area contributed by atoms with Crippen molar-refractivity contribution in [1.82, 2.24) is 10.1 Å². The zero-order chi connectivity index (χ0) is 13.4. The molecule has 0 amide bonds. The molecule has 1 aromatic heterocycles. The van der Waals surface area contributed by atoms with E-state index in [1.165, 1.54) is 31.0 Å². The quantitative estimate of drug-likeness (QED) is 0.936. The standard InChI is InChI=1S/C13H13ClFN3O/c14-10-5-8(15)3-4-9(10)13-17-12(19-18-13)6-11(16)7-1-2-7/h3-5,7,11H,1-2,6,16H2. The fourth-order valence-electron chi connectivity index (χ4n) is 2.01. The van der Waals surface area contributed by atoms with Crippen molar-refractivity contribution < 1.29 is 8.91 Å². The molecule has 1 unspecified atom stereocenters. The summed E-state index contributed by atoms with van der Waals surface area (Å²) in [5.74, 6) is 1.04. The second-order valence-electron chi connectivity index (χ2n) is 4.84. The van der Waals surface area contributed by atoms with Gasteiger partial charge in [0, 0.05) is 18.0 Å². The van der Waals surface area contributed by atoms with Crippen molar-refractivity contribution in [2.75, 3.05) is 0 Å². The van der Waals surface area contributed by atoms with Crippen molar-refractivity contribution >= 4 is 11.6 Å². The molecule has 1 aliphatic carbocycles. The third-order valence-electron chi connectivity index (χ3n) is 3.28. The topological polar surface area (TPSA) is 64.9 Å². The zero-order valence-corrected chi connectivity index (χ0v) is 10.9. The number of halogens is 2. The summed E-state index contributed by atoms with van der Waals surface area (Å²) in [6, 6.07) is 4.14. The molecule has 1 aliphatic rings. The maximum absolute atomic E-state index is 13.0. The lowest BCUT2D eigenvalue weighted by Crippen LogP contribution is -2.25. The van der Waals surface area contributed by atoms with E-state index in [9.17, 15) is 4.39 Å². The number of nitrogens with zero attached hydrogens (tertiary/aromatic N) is 2. The van der Waals surface area contributed by atoms with Crippen LogP contribution in [0.1, 0.15) is 18.7 Å². The molecule has 1 atom stereocenters. The van der Waals surface area contributed by atoms with Gasteiger partial charge in [-0.3, -0.25) is 0 Å². The van der Waals surface area contributed by atoms with E-state index < -0.39 is 5.82 Å². The summed E-state index contributed by atoms with van der Waals surface area (Å²) in [6.45, 7) is 0. The van der Waals surface area contributed by atoms with Crippen LogP contribution in [0, 0.1) is 11.7 Å². The molecule has 0 saturated heterocycles. The number of hydrogen-bond donors (Lipinski definition) is 1. The van der Waals surface area contributed by atoms with Crippen molar-refractivity contribution in [3.63, 3.8) is 0 Å². The van der Waals surface area contributed by atoms with Gasteiger partial charge in [0.05, 0.1) is 5.02 Å². The Morgan fingerprint density at radius 2 is 2.26 bits per heavy atom. The molecule has 2 N–H and O–H groups in total. The first-order valence-electron chi connectivity index (χ1n) is 6.17. The average Bonchev–Trinajstić information content (AvgIpc) is 3.11. The van der Waals surface area contributed by atoms with Gasteiger partial charge in [0.2, 0.25) is 11.7 Å². The Morgan fingerprint density at radius 1 is 1.47 bits per heavy atom. The highest BCUT2D eigenvalue weighted by atomic mass is 35.5. The van der Waals surface area contributed by atoms with E-state index in [0.717, 1.165) is 0 Å². The summed E-state index contributed by atoms with van der Waals surface area (Å²) in [5, 5.41) is 4.12. The van der Waals surface area contributed by atoms with E-state index in [2.05, 4.69) is 10.1 Å². The van der Waals surface area contributed by atoms with Crippen LogP contribution in [-0.2, 0) is 6.42 Å². The fraction of sp³-hybridized carbons (Fsp3) is 0.385. The van der Waals surface area contributed by atoms with Gasteiger partial charge >= 0.3 is 0 Å². The minimum Gasteiger partial charge on any atom is -0.339 e. The number of nitrogens with two attached hydrogens (primary N) is 1. The van der Waals surface area contributed by atoms with E-state index >= 15 is 0 Å². The summed E-state index contributed by atoms with van der Waals surface area (Å²) < 4.78 is 18.1. The SMILES string of the molecule is NC(Cc1nc(-c2ccc(F)cc2Cl)no1)C1CC1. The number of aromatic nitrogens is 2. The van der Waals surface area contributed by atoms with Crippen LogP contribution in [0.15, 0.2) is 22.7 Å². The van der Waals surface area contributed by atoms with E-state index in [-0.39, 0.29) is 11.1 Å². The van der Waals surface area contributed by atoms with Gasteiger partial charge in [-0.25, -0.2) is 4.39 Å². The van der Waals surface area contributed by atoms with Crippen molar-refractivity contribution in [3.05, 3.63) is 34.9 Å². The highest BCUT2D eigenvalue weighted by molar-refractivity contribution is 6.33. The molecule has 100 valence electrons. The van der Waals surface area contributed by atoms with Crippen LogP contribution in [-0.4, -0.2) is 16.2 Å². The third-order valence-corrected chi connectivity index (χ3v) is 3.59. The van der Waals surface area contributed by atoms with Crippen LogP contribution in [0.5, 0.6) is 0 Å². The summed E-state index contributed by atoms with van der Waals surface area (Å²) >= 11 is 5.95. The number of rotatable bonds is 4. The molecule has 1 fully saturated rings. The monoisotopic (exact) mass is 281 g/mol. The molecule has 0 radical (unpaired) electrons. The number of hydrogen-bond acceptors (Lipinski definition) is 4. The van der Waals surface area contributed by atoms with Crippen molar-refractivity contribution in [2.45, 2.75) is 25.3 Å². The molecule has 2 aromatic rings. The Balaban J connectivity index is 1.79. The third kappa shape index (κ3) is 2.77. The Kier molecular flexibility index (Phi) is 3.24. The molecule has 0 spiro atoms. The average molecular weight is 282 g/mol. The molecule has 1 saturated carbocycles. The van der Waals surface area contributed by atoms with E-state index in [1.807, 2.05) is 0 Å². The van der Waals surface area contributed by atoms with Gasteiger partial charge in [0.15, 0.2) is 0 Å². The first kappa shape index (κ1) is 12.6. The van der Waals surface area contributed by atoms with Crippen molar-refractivity contribution in [2.24, 2.45) is 11.7 Å². The summed E-state index contributed by atoms with van der Waals surface area (Å²) in [7, 11) is 0. The van der Waals surface area contributed by atoms with Crippen molar-refractivity contribution in [3.8, 4) is 11.4 Å². The van der Waals surface area contributed by atoms with Crippen molar-refractivity contribution in [1.29, 1.82) is 0 Å². The smallest absolute Gasteiger partial charge is 0.228 e. The predicted octanol–water partition coefficient (Wildman–Crippen LogP) is 2.81. The molecular weight excluding hydrogens is 269 g/mol. The summed E-state index contributed by atoms with van der Waals surface area (Å²) in [4.78, 5) is 4.26. The maximum Gasteiger partial charge on any atom is 0.228 e. The van der Waals surface area contributed by atoms with E-state index in [4.69, 9.17) is 21.9 Å². The molecule has 6 heteroatoms. The van der Waals surface area contributed by atoms with Gasteiger partial charge in [-0.05, 0) is 37.0 Å². The van der Waals surface area contributed by atoms with Gasteiger partial charge in [0.1, 0.15) is 5.82 Å². The molecule has 0 aliphatic heterocycles. The van der Waals surface area contributed by atoms with Gasteiger partial charge in [-0.1, -0.05) is 16.8 Å². The summed E-state index contributed by atoms with van der Waals surface area (Å²) in [6.07, 6.45) is 2.91. The first-order valence-corrected chi connectivity index (χ1v) is 6.55. The second kappa shape index (κ2) is 4.90. The second-order valence-corrected chi connectivity index (χ2v) is 5.25. The van der Waals surface area contributed by atoms with E-state index in [0.29, 0.717) is 29.6 Å². The normalized spacial score (nSPS) is 16.6. The molecule has 1 heterocycles. The Bertz CT molecular complexity index is 597. The van der Waals surface area contributed by atoms with Gasteiger partial charge < -0.3 is 10.3 Å². The minimum absolute atomic E-state index is 0.0667. The van der Waals surface area contributed by atoms with Gasteiger partial charge in [-0.15, -0.1) is 0 Å². The fourth-order valence-corrected chi connectivity index (χ4v) is 2.26.